The van der Waals surface area contributed by atoms with Crippen LogP contribution in [-0.2, 0) is 20.9 Å². The molecule has 1 aromatic heterocycles. The maximum absolute atomic E-state index is 13.0. The maximum Gasteiger partial charge on any atom is 0.338 e. The Morgan fingerprint density at radius 3 is 2.46 bits per heavy atom. The number of ether oxygens (including phenoxy) is 1. The number of rotatable bonds is 8. The Hall–Kier alpha value is -4.37. The Labute approximate surface area is 205 Å². The number of amides is 3. The van der Waals surface area contributed by atoms with Gasteiger partial charge in [-0.1, -0.05) is 17.7 Å². The molecule has 9 nitrogen and oxygen atoms in total. The molecule has 2 N–H and O–H groups in total. The van der Waals surface area contributed by atoms with Gasteiger partial charge in [-0.05, 0) is 61.5 Å². The van der Waals surface area contributed by atoms with E-state index in [-0.39, 0.29) is 41.0 Å². The topological polar surface area (TPSA) is 118 Å². The zero-order valence-electron chi connectivity index (χ0n) is 18.5. The van der Waals surface area contributed by atoms with E-state index in [1.54, 1.807) is 43.3 Å². The second-order valence-electron chi connectivity index (χ2n) is 7.37. The van der Waals surface area contributed by atoms with E-state index in [0.29, 0.717) is 17.0 Å². The molecule has 1 aliphatic heterocycles. The van der Waals surface area contributed by atoms with Crippen molar-refractivity contribution in [1.29, 1.82) is 0 Å². The van der Waals surface area contributed by atoms with E-state index in [2.05, 4.69) is 10.6 Å². The van der Waals surface area contributed by atoms with Crippen molar-refractivity contribution in [1.82, 2.24) is 5.32 Å². The van der Waals surface area contributed by atoms with Crippen molar-refractivity contribution in [2.45, 2.75) is 13.5 Å². The highest BCUT2D eigenvalue weighted by atomic mass is 35.5. The Morgan fingerprint density at radius 1 is 1.00 bits per heavy atom. The number of anilines is 2. The number of carbonyl (C=O) groups excluding carboxylic acids is 4. The van der Waals surface area contributed by atoms with Crippen molar-refractivity contribution in [2.75, 3.05) is 16.8 Å². The molecule has 0 saturated heterocycles. The summed E-state index contributed by atoms with van der Waals surface area (Å²) in [7, 11) is 0. The normalized spacial score (nSPS) is 13.3. The lowest BCUT2D eigenvalue weighted by Gasteiger charge is -2.16. The number of carbonyl (C=O) groups is 4. The molecule has 1 aliphatic rings. The van der Waals surface area contributed by atoms with Crippen molar-refractivity contribution < 1.29 is 28.3 Å². The number of hydrogen-bond donors (Lipinski definition) is 2. The number of esters is 1. The van der Waals surface area contributed by atoms with Crippen molar-refractivity contribution in [3.63, 3.8) is 0 Å². The molecule has 2 aromatic carbocycles. The van der Waals surface area contributed by atoms with Crippen LogP contribution in [0.5, 0.6) is 0 Å². The van der Waals surface area contributed by atoms with Crippen LogP contribution in [0.1, 0.15) is 33.4 Å². The zero-order chi connectivity index (χ0) is 24.9. The number of furan rings is 1. The number of hydrogen-bond acceptors (Lipinski definition) is 7. The van der Waals surface area contributed by atoms with Crippen LogP contribution in [0.3, 0.4) is 0 Å². The molecule has 10 heteroatoms. The molecule has 0 fully saturated rings. The molecule has 178 valence electrons. The lowest BCUT2D eigenvalue weighted by molar-refractivity contribution is -0.120. The summed E-state index contributed by atoms with van der Waals surface area (Å²) in [6.07, 6.45) is 1.52. The van der Waals surface area contributed by atoms with Crippen molar-refractivity contribution in [3.8, 4) is 0 Å². The Kier molecular flexibility index (Phi) is 6.98. The first kappa shape index (κ1) is 23.8. The summed E-state index contributed by atoms with van der Waals surface area (Å²) in [5, 5.41) is 5.29. The lowest BCUT2D eigenvalue weighted by atomic mass is 10.2. The second-order valence-corrected chi connectivity index (χ2v) is 7.75. The SMILES string of the molecule is CCOC(=O)c1cccc(N2C(=O)C(Cl)=C(Nc3ccc(C(=O)NCc4ccco4)cc3)C2=O)c1. The van der Waals surface area contributed by atoms with Gasteiger partial charge in [0, 0.05) is 11.3 Å². The highest BCUT2D eigenvalue weighted by molar-refractivity contribution is 6.53. The molecular formula is C25H20ClN3O6. The minimum atomic E-state index is -0.728. The first-order chi connectivity index (χ1) is 16.9. The van der Waals surface area contributed by atoms with Gasteiger partial charge < -0.3 is 19.8 Å². The van der Waals surface area contributed by atoms with E-state index in [1.807, 2.05) is 0 Å². The highest BCUT2D eigenvalue weighted by Gasteiger charge is 2.39. The minimum absolute atomic E-state index is 0.117. The Bertz CT molecular complexity index is 1320. The third kappa shape index (κ3) is 5.10. The van der Waals surface area contributed by atoms with Gasteiger partial charge in [-0.15, -0.1) is 0 Å². The average molecular weight is 494 g/mol. The molecule has 3 amide bonds. The summed E-state index contributed by atoms with van der Waals surface area (Å²) in [5.74, 6) is -1.65. The number of nitrogens with one attached hydrogen (secondary N) is 2. The van der Waals surface area contributed by atoms with Crippen LogP contribution in [0.15, 0.2) is 82.1 Å². The number of halogens is 1. The standard InChI is InChI=1S/C25H20ClN3O6/c1-2-34-25(33)16-5-3-6-18(13-16)29-23(31)20(26)21(24(29)32)28-17-10-8-15(9-11-17)22(30)27-14-19-7-4-12-35-19/h3-13,28H,2,14H2,1H3,(H,27,30). The molecule has 0 bridgehead atoms. The summed E-state index contributed by atoms with van der Waals surface area (Å²) < 4.78 is 10.2. The molecule has 0 unspecified atom stereocenters. The van der Waals surface area contributed by atoms with Crippen LogP contribution < -0.4 is 15.5 Å². The van der Waals surface area contributed by atoms with E-state index in [9.17, 15) is 19.2 Å². The lowest BCUT2D eigenvalue weighted by Crippen LogP contribution is -2.32. The average Bonchev–Trinajstić information content (AvgIpc) is 3.46. The van der Waals surface area contributed by atoms with E-state index in [1.165, 1.54) is 30.5 Å². The van der Waals surface area contributed by atoms with Gasteiger partial charge in [0.1, 0.15) is 16.5 Å². The van der Waals surface area contributed by atoms with Gasteiger partial charge >= 0.3 is 5.97 Å². The van der Waals surface area contributed by atoms with Gasteiger partial charge in [0.05, 0.1) is 30.7 Å². The fourth-order valence-corrected chi connectivity index (χ4v) is 3.58. The van der Waals surface area contributed by atoms with Crippen LogP contribution in [-0.4, -0.2) is 30.3 Å². The molecule has 0 atom stereocenters. The monoisotopic (exact) mass is 493 g/mol. The summed E-state index contributed by atoms with van der Waals surface area (Å²) in [6, 6.07) is 15.7. The van der Waals surface area contributed by atoms with E-state index < -0.39 is 17.8 Å². The highest BCUT2D eigenvalue weighted by Crippen LogP contribution is 2.30. The number of imide groups is 1. The van der Waals surface area contributed by atoms with Crippen LogP contribution in [0.2, 0.25) is 0 Å². The van der Waals surface area contributed by atoms with E-state index in [4.69, 9.17) is 20.8 Å². The summed E-state index contributed by atoms with van der Waals surface area (Å²) in [4.78, 5) is 51.0. The first-order valence-corrected chi connectivity index (χ1v) is 11.0. The van der Waals surface area contributed by atoms with Crippen LogP contribution in [0.25, 0.3) is 0 Å². The van der Waals surface area contributed by atoms with Gasteiger partial charge in [0.2, 0.25) is 0 Å². The molecule has 35 heavy (non-hydrogen) atoms. The predicted molar refractivity (Wildman–Crippen MR) is 128 cm³/mol. The quantitative estimate of drug-likeness (QED) is 0.361. The fraction of sp³-hybridized carbons (Fsp3) is 0.120. The van der Waals surface area contributed by atoms with Crippen molar-refractivity contribution in [2.24, 2.45) is 0 Å². The van der Waals surface area contributed by atoms with Crippen molar-refractivity contribution >= 4 is 46.7 Å². The van der Waals surface area contributed by atoms with Crippen molar-refractivity contribution in [3.05, 3.63) is 94.5 Å². The van der Waals surface area contributed by atoms with Gasteiger partial charge in [0.25, 0.3) is 17.7 Å². The first-order valence-electron chi connectivity index (χ1n) is 10.6. The van der Waals surface area contributed by atoms with Gasteiger partial charge in [0.15, 0.2) is 0 Å². The molecule has 0 aliphatic carbocycles. The molecule has 0 saturated carbocycles. The van der Waals surface area contributed by atoms with Crippen LogP contribution >= 0.6 is 11.6 Å². The zero-order valence-corrected chi connectivity index (χ0v) is 19.3. The number of nitrogens with zero attached hydrogens (tertiary/aromatic N) is 1. The maximum atomic E-state index is 13.0. The smallest absolute Gasteiger partial charge is 0.338 e. The van der Waals surface area contributed by atoms with E-state index in [0.717, 1.165) is 4.90 Å². The van der Waals surface area contributed by atoms with Gasteiger partial charge in [-0.25, -0.2) is 9.69 Å². The summed E-state index contributed by atoms with van der Waals surface area (Å²) in [5.41, 5.74) is 1.11. The molecule has 4 rings (SSSR count). The third-order valence-corrected chi connectivity index (χ3v) is 5.41. The van der Waals surface area contributed by atoms with Crippen LogP contribution in [0, 0.1) is 0 Å². The minimum Gasteiger partial charge on any atom is -0.467 e. The van der Waals surface area contributed by atoms with E-state index >= 15 is 0 Å². The van der Waals surface area contributed by atoms with Gasteiger partial charge in [-0.2, -0.15) is 0 Å². The summed E-state index contributed by atoms with van der Waals surface area (Å²) >= 11 is 6.18. The van der Waals surface area contributed by atoms with Crippen LogP contribution in [0.4, 0.5) is 11.4 Å². The second kappa shape index (κ2) is 10.3. The molecular weight excluding hydrogens is 474 g/mol. The third-order valence-electron chi connectivity index (χ3n) is 5.06. The number of benzene rings is 2. The fourth-order valence-electron chi connectivity index (χ4n) is 3.36. The Morgan fingerprint density at radius 2 is 1.77 bits per heavy atom. The molecule has 3 aromatic rings. The Balaban J connectivity index is 1.46. The predicted octanol–water partition coefficient (Wildman–Crippen LogP) is 3.82. The van der Waals surface area contributed by atoms with Gasteiger partial charge in [-0.3, -0.25) is 14.4 Å². The summed E-state index contributed by atoms with van der Waals surface area (Å²) in [6.45, 7) is 2.12. The molecule has 0 radical (unpaired) electrons. The molecule has 0 spiro atoms. The largest absolute Gasteiger partial charge is 0.467 e. The molecule has 2 heterocycles.